The standard InChI is InChI=1S/C22H30N2O4/c1-4-27-18-10-8-17(9-11-18)19-20(23-12-5-6-13-23)22(26)24(21(19)25)14-7-15-28-16(2)3/h8-11,16H,4-7,12-15H2,1-3H3. The third kappa shape index (κ3) is 4.38. The molecule has 2 aliphatic heterocycles. The van der Waals surface area contributed by atoms with Crippen LogP contribution in [0.1, 0.15) is 45.6 Å². The van der Waals surface area contributed by atoms with Gasteiger partial charge >= 0.3 is 0 Å². The Balaban J connectivity index is 1.84. The van der Waals surface area contributed by atoms with E-state index in [1.807, 2.05) is 45.0 Å². The van der Waals surface area contributed by atoms with Crippen LogP contribution in [0.25, 0.3) is 5.57 Å². The highest BCUT2D eigenvalue weighted by Gasteiger charge is 2.41. The summed E-state index contributed by atoms with van der Waals surface area (Å²) < 4.78 is 11.1. The molecule has 152 valence electrons. The average Bonchev–Trinajstić information content (AvgIpc) is 3.27. The first-order valence-electron chi connectivity index (χ1n) is 10.2. The van der Waals surface area contributed by atoms with Crippen molar-refractivity contribution < 1.29 is 19.1 Å². The third-order valence-corrected chi connectivity index (χ3v) is 5.00. The molecule has 2 amide bonds. The summed E-state index contributed by atoms with van der Waals surface area (Å²) in [6, 6.07) is 7.44. The van der Waals surface area contributed by atoms with Gasteiger partial charge in [-0.2, -0.15) is 0 Å². The molecule has 2 aliphatic rings. The summed E-state index contributed by atoms with van der Waals surface area (Å²) in [7, 11) is 0. The topological polar surface area (TPSA) is 59.1 Å². The molecule has 0 atom stereocenters. The summed E-state index contributed by atoms with van der Waals surface area (Å²) in [6.07, 6.45) is 2.87. The third-order valence-electron chi connectivity index (χ3n) is 5.00. The van der Waals surface area contributed by atoms with E-state index in [-0.39, 0.29) is 17.9 Å². The van der Waals surface area contributed by atoms with Crippen molar-refractivity contribution >= 4 is 17.4 Å². The Morgan fingerprint density at radius 3 is 2.32 bits per heavy atom. The second-order valence-electron chi connectivity index (χ2n) is 7.41. The predicted molar refractivity (Wildman–Crippen MR) is 108 cm³/mol. The lowest BCUT2D eigenvalue weighted by molar-refractivity contribution is -0.137. The van der Waals surface area contributed by atoms with Crippen LogP contribution in [0.15, 0.2) is 30.0 Å². The molecule has 28 heavy (non-hydrogen) atoms. The Morgan fingerprint density at radius 2 is 1.71 bits per heavy atom. The van der Waals surface area contributed by atoms with Crippen LogP contribution in [0.3, 0.4) is 0 Å². The number of amides is 2. The maximum Gasteiger partial charge on any atom is 0.277 e. The first-order chi connectivity index (χ1) is 13.5. The number of rotatable bonds is 9. The van der Waals surface area contributed by atoms with Crippen molar-refractivity contribution in [3.8, 4) is 5.75 Å². The van der Waals surface area contributed by atoms with E-state index in [1.54, 1.807) is 0 Å². The largest absolute Gasteiger partial charge is 0.494 e. The molecule has 0 spiro atoms. The summed E-state index contributed by atoms with van der Waals surface area (Å²) in [6.45, 7) is 9.02. The lowest BCUT2D eigenvalue weighted by atomic mass is 10.0. The van der Waals surface area contributed by atoms with Crippen LogP contribution in [-0.4, -0.2) is 60.6 Å². The highest BCUT2D eigenvalue weighted by Crippen LogP contribution is 2.34. The number of benzene rings is 1. The normalized spacial score (nSPS) is 17.4. The van der Waals surface area contributed by atoms with Crippen LogP contribution in [0, 0.1) is 0 Å². The van der Waals surface area contributed by atoms with Crippen LogP contribution in [0.2, 0.25) is 0 Å². The Hall–Kier alpha value is -2.34. The second kappa shape index (κ2) is 9.24. The van der Waals surface area contributed by atoms with E-state index in [1.165, 1.54) is 4.90 Å². The molecule has 1 fully saturated rings. The van der Waals surface area contributed by atoms with Crippen LogP contribution < -0.4 is 4.74 Å². The van der Waals surface area contributed by atoms with Crippen molar-refractivity contribution in [2.24, 2.45) is 0 Å². The molecule has 1 aromatic rings. The van der Waals surface area contributed by atoms with Crippen molar-refractivity contribution in [3.05, 3.63) is 35.5 Å². The highest BCUT2D eigenvalue weighted by molar-refractivity contribution is 6.35. The molecule has 0 saturated carbocycles. The molecule has 1 aromatic carbocycles. The number of hydrogen-bond acceptors (Lipinski definition) is 5. The molecule has 0 bridgehead atoms. The number of nitrogens with zero attached hydrogens (tertiary/aromatic N) is 2. The van der Waals surface area contributed by atoms with Crippen LogP contribution in [0.4, 0.5) is 0 Å². The molecule has 0 aliphatic carbocycles. The number of likely N-dealkylation sites (tertiary alicyclic amines) is 1. The summed E-state index contributed by atoms with van der Waals surface area (Å²) in [5.41, 5.74) is 1.83. The van der Waals surface area contributed by atoms with Gasteiger partial charge in [0.15, 0.2) is 0 Å². The lowest BCUT2D eigenvalue weighted by Gasteiger charge is -2.20. The van der Waals surface area contributed by atoms with Crippen molar-refractivity contribution in [2.45, 2.75) is 46.1 Å². The number of carbonyl (C=O) groups excluding carboxylic acids is 2. The minimum absolute atomic E-state index is 0.141. The van der Waals surface area contributed by atoms with Gasteiger partial charge in [-0.15, -0.1) is 0 Å². The summed E-state index contributed by atoms with van der Waals surface area (Å²) in [4.78, 5) is 29.7. The number of ether oxygens (including phenoxy) is 2. The minimum Gasteiger partial charge on any atom is -0.494 e. The number of hydrogen-bond donors (Lipinski definition) is 0. The fourth-order valence-corrected chi connectivity index (χ4v) is 3.69. The van der Waals surface area contributed by atoms with Gasteiger partial charge in [-0.25, -0.2) is 0 Å². The van der Waals surface area contributed by atoms with Gasteiger partial charge in [-0.3, -0.25) is 14.5 Å². The Kier molecular flexibility index (Phi) is 6.73. The van der Waals surface area contributed by atoms with Gasteiger partial charge in [0.1, 0.15) is 11.4 Å². The minimum atomic E-state index is -0.208. The Labute approximate surface area is 167 Å². The average molecular weight is 386 g/mol. The van der Waals surface area contributed by atoms with Crippen LogP contribution in [-0.2, 0) is 14.3 Å². The van der Waals surface area contributed by atoms with Gasteiger partial charge in [-0.1, -0.05) is 12.1 Å². The number of carbonyl (C=O) groups is 2. The summed E-state index contributed by atoms with van der Waals surface area (Å²) >= 11 is 0. The maximum atomic E-state index is 13.2. The molecular formula is C22H30N2O4. The SMILES string of the molecule is CCOc1ccc(C2=C(N3CCCC3)C(=O)N(CCCOC(C)C)C2=O)cc1. The molecule has 0 aromatic heterocycles. The van der Waals surface area contributed by atoms with Gasteiger partial charge in [0.2, 0.25) is 0 Å². The van der Waals surface area contributed by atoms with E-state index in [4.69, 9.17) is 9.47 Å². The van der Waals surface area contributed by atoms with Crippen molar-refractivity contribution in [3.63, 3.8) is 0 Å². The monoisotopic (exact) mass is 386 g/mol. The smallest absolute Gasteiger partial charge is 0.277 e. The van der Waals surface area contributed by atoms with Gasteiger partial charge in [0.05, 0.1) is 18.3 Å². The highest BCUT2D eigenvalue weighted by atomic mass is 16.5. The molecule has 2 heterocycles. The molecule has 6 heteroatoms. The first kappa shape index (κ1) is 20.4. The van der Waals surface area contributed by atoms with E-state index in [9.17, 15) is 9.59 Å². The summed E-state index contributed by atoms with van der Waals surface area (Å²) in [5.74, 6) is 0.370. The maximum absolute atomic E-state index is 13.2. The van der Waals surface area contributed by atoms with Gasteiger partial charge in [-0.05, 0) is 57.7 Å². The molecule has 0 N–H and O–H groups in total. The molecular weight excluding hydrogens is 356 g/mol. The van der Waals surface area contributed by atoms with Gasteiger partial charge in [0.25, 0.3) is 11.8 Å². The van der Waals surface area contributed by atoms with Crippen molar-refractivity contribution in [1.82, 2.24) is 9.80 Å². The summed E-state index contributed by atoms with van der Waals surface area (Å²) in [5, 5.41) is 0. The fraction of sp³-hybridized carbons (Fsp3) is 0.545. The first-order valence-corrected chi connectivity index (χ1v) is 10.2. The molecule has 1 saturated heterocycles. The van der Waals surface area contributed by atoms with E-state index < -0.39 is 0 Å². The van der Waals surface area contributed by atoms with Crippen LogP contribution >= 0.6 is 0 Å². The molecule has 6 nitrogen and oxygen atoms in total. The van der Waals surface area contributed by atoms with Crippen LogP contribution in [0.5, 0.6) is 5.75 Å². The van der Waals surface area contributed by atoms with Gasteiger partial charge < -0.3 is 14.4 Å². The lowest BCUT2D eigenvalue weighted by Crippen LogP contribution is -2.35. The zero-order valence-corrected chi connectivity index (χ0v) is 17.1. The van der Waals surface area contributed by atoms with Gasteiger partial charge in [0, 0.05) is 26.2 Å². The zero-order chi connectivity index (χ0) is 20.1. The van der Waals surface area contributed by atoms with E-state index in [0.717, 1.165) is 37.2 Å². The molecule has 0 radical (unpaired) electrons. The number of imide groups is 1. The Morgan fingerprint density at radius 1 is 1.04 bits per heavy atom. The molecule has 0 unspecified atom stereocenters. The van der Waals surface area contributed by atoms with E-state index in [0.29, 0.717) is 37.4 Å². The molecule has 3 rings (SSSR count). The zero-order valence-electron chi connectivity index (χ0n) is 17.1. The Bertz CT molecular complexity index is 733. The quantitative estimate of drug-likeness (QED) is 0.482. The second-order valence-corrected chi connectivity index (χ2v) is 7.41. The van der Waals surface area contributed by atoms with Crippen molar-refractivity contribution in [2.75, 3.05) is 32.8 Å². The van der Waals surface area contributed by atoms with E-state index in [2.05, 4.69) is 4.90 Å². The fourth-order valence-electron chi connectivity index (χ4n) is 3.69. The predicted octanol–water partition coefficient (Wildman–Crippen LogP) is 3.08. The van der Waals surface area contributed by atoms with E-state index >= 15 is 0 Å². The van der Waals surface area contributed by atoms with Crippen molar-refractivity contribution in [1.29, 1.82) is 0 Å².